The van der Waals surface area contributed by atoms with Gasteiger partial charge in [-0.3, -0.25) is 4.79 Å². The Morgan fingerprint density at radius 1 is 1.24 bits per heavy atom. The topological polar surface area (TPSA) is 64.3 Å². The maximum atomic E-state index is 11.1. The summed E-state index contributed by atoms with van der Waals surface area (Å²) in [6.45, 7) is 4.91. The molecule has 0 radical (unpaired) electrons. The van der Waals surface area contributed by atoms with Crippen LogP contribution in [0.25, 0.3) is 0 Å². The molecule has 0 aromatic heterocycles. The van der Waals surface area contributed by atoms with Gasteiger partial charge >= 0.3 is 0 Å². The van der Waals surface area contributed by atoms with Crippen LogP contribution in [0, 0.1) is 5.92 Å². The molecule has 0 aliphatic heterocycles. The molecule has 21 heavy (non-hydrogen) atoms. The second kappa shape index (κ2) is 7.46. The van der Waals surface area contributed by atoms with Crippen molar-refractivity contribution in [2.45, 2.75) is 58.2 Å². The lowest BCUT2D eigenvalue weighted by Crippen LogP contribution is -2.36. The fraction of sp³-hybridized carbons (Fsp3) is 0.588. The molecule has 1 saturated carbocycles. The number of rotatable bonds is 6. The highest BCUT2D eigenvalue weighted by Gasteiger charge is 2.24. The van der Waals surface area contributed by atoms with Crippen molar-refractivity contribution >= 4 is 5.91 Å². The van der Waals surface area contributed by atoms with Gasteiger partial charge in [0, 0.05) is 18.5 Å². The van der Waals surface area contributed by atoms with E-state index in [0.717, 1.165) is 38.0 Å². The molecule has 4 nitrogen and oxygen atoms in total. The lowest BCUT2D eigenvalue weighted by Gasteiger charge is -2.27. The third-order valence-corrected chi connectivity index (χ3v) is 4.02. The predicted molar refractivity (Wildman–Crippen MR) is 84.0 cm³/mol. The van der Waals surface area contributed by atoms with Crippen molar-refractivity contribution < 1.29 is 9.53 Å². The molecule has 116 valence electrons. The Kier molecular flexibility index (Phi) is 5.62. The molecule has 0 bridgehead atoms. The van der Waals surface area contributed by atoms with E-state index in [1.165, 1.54) is 5.56 Å². The van der Waals surface area contributed by atoms with Gasteiger partial charge in [-0.25, -0.2) is 0 Å². The Hall–Kier alpha value is -1.55. The van der Waals surface area contributed by atoms with Crippen molar-refractivity contribution in [2.75, 3.05) is 0 Å². The van der Waals surface area contributed by atoms with Crippen molar-refractivity contribution in [2.24, 2.45) is 11.7 Å². The normalized spacial score (nSPS) is 22.2. The average Bonchev–Trinajstić information content (AvgIpc) is 2.46. The van der Waals surface area contributed by atoms with Gasteiger partial charge in [0.1, 0.15) is 5.75 Å². The molecule has 0 spiro atoms. The minimum absolute atomic E-state index is 0.0792. The van der Waals surface area contributed by atoms with Crippen LogP contribution in [-0.4, -0.2) is 18.1 Å². The SMILES string of the molecule is CC(C)Oc1ccc(CNC2CCC(C(N)=O)CC2)cc1. The Morgan fingerprint density at radius 2 is 1.86 bits per heavy atom. The van der Waals surface area contributed by atoms with Crippen LogP contribution in [0.1, 0.15) is 45.1 Å². The first-order valence-electron chi connectivity index (χ1n) is 7.83. The van der Waals surface area contributed by atoms with E-state index in [1.54, 1.807) is 0 Å². The largest absolute Gasteiger partial charge is 0.491 e. The molecular weight excluding hydrogens is 264 g/mol. The smallest absolute Gasteiger partial charge is 0.220 e. The Balaban J connectivity index is 1.75. The van der Waals surface area contributed by atoms with Crippen LogP contribution in [0.15, 0.2) is 24.3 Å². The van der Waals surface area contributed by atoms with Crippen LogP contribution in [0.3, 0.4) is 0 Å². The number of nitrogens with one attached hydrogen (secondary N) is 1. The van der Waals surface area contributed by atoms with E-state index in [0.29, 0.717) is 6.04 Å². The summed E-state index contributed by atoms with van der Waals surface area (Å²) in [5, 5.41) is 3.56. The van der Waals surface area contributed by atoms with Crippen molar-refractivity contribution in [3.63, 3.8) is 0 Å². The predicted octanol–water partition coefficient (Wildman–Crippen LogP) is 2.61. The standard InChI is InChI=1S/C17H26N2O2/c1-12(2)21-16-9-3-13(4-10-16)11-19-15-7-5-14(6-8-15)17(18)20/h3-4,9-10,12,14-15,19H,5-8,11H2,1-2H3,(H2,18,20). The highest BCUT2D eigenvalue weighted by molar-refractivity contribution is 5.76. The summed E-state index contributed by atoms with van der Waals surface area (Å²) < 4.78 is 5.63. The van der Waals surface area contributed by atoms with Gasteiger partial charge in [-0.2, -0.15) is 0 Å². The molecule has 3 N–H and O–H groups in total. The molecule has 0 atom stereocenters. The third-order valence-electron chi connectivity index (χ3n) is 4.02. The number of nitrogens with two attached hydrogens (primary N) is 1. The van der Waals surface area contributed by atoms with E-state index in [-0.39, 0.29) is 17.9 Å². The summed E-state index contributed by atoms with van der Waals surface area (Å²) in [5.74, 6) is 0.848. The highest BCUT2D eigenvalue weighted by Crippen LogP contribution is 2.24. The van der Waals surface area contributed by atoms with E-state index in [9.17, 15) is 4.79 Å². The zero-order valence-electron chi connectivity index (χ0n) is 13.0. The molecule has 0 unspecified atom stereocenters. The van der Waals surface area contributed by atoms with Crippen molar-refractivity contribution in [1.82, 2.24) is 5.32 Å². The van der Waals surface area contributed by atoms with E-state index < -0.39 is 0 Å². The molecule has 1 aromatic rings. The maximum absolute atomic E-state index is 11.1. The Bertz CT molecular complexity index is 448. The van der Waals surface area contributed by atoms with Crippen LogP contribution in [-0.2, 0) is 11.3 Å². The minimum atomic E-state index is -0.144. The van der Waals surface area contributed by atoms with Gasteiger partial charge in [0.15, 0.2) is 0 Å². The zero-order chi connectivity index (χ0) is 15.2. The molecule has 1 aromatic carbocycles. The molecule has 1 aliphatic carbocycles. The number of hydrogen-bond donors (Lipinski definition) is 2. The summed E-state index contributed by atoms with van der Waals surface area (Å²) in [5.41, 5.74) is 6.61. The number of carbonyl (C=O) groups excluding carboxylic acids is 1. The Labute approximate surface area is 127 Å². The fourth-order valence-corrected chi connectivity index (χ4v) is 2.80. The van der Waals surface area contributed by atoms with Gasteiger partial charge in [-0.1, -0.05) is 12.1 Å². The second-order valence-electron chi connectivity index (χ2n) is 6.14. The van der Waals surface area contributed by atoms with Crippen molar-refractivity contribution in [3.05, 3.63) is 29.8 Å². The monoisotopic (exact) mass is 290 g/mol. The van der Waals surface area contributed by atoms with Crippen LogP contribution in [0.4, 0.5) is 0 Å². The fourth-order valence-electron chi connectivity index (χ4n) is 2.80. The third kappa shape index (κ3) is 5.05. The van der Waals surface area contributed by atoms with Gasteiger partial charge in [0.05, 0.1) is 6.10 Å². The number of hydrogen-bond acceptors (Lipinski definition) is 3. The highest BCUT2D eigenvalue weighted by atomic mass is 16.5. The number of primary amides is 1. The van der Waals surface area contributed by atoms with Gasteiger partial charge in [0.25, 0.3) is 0 Å². The molecule has 4 heteroatoms. The number of amides is 1. The van der Waals surface area contributed by atoms with Crippen LogP contribution in [0.2, 0.25) is 0 Å². The summed E-state index contributed by atoms with van der Waals surface area (Å²) in [6, 6.07) is 8.72. The Morgan fingerprint density at radius 3 is 2.38 bits per heavy atom. The van der Waals surface area contributed by atoms with E-state index >= 15 is 0 Å². The zero-order valence-corrected chi connectivity index (χ0v) is 13.0. The number of ether oxygens (including phenoxy) is 1. The summed E-state index contributed by atoms with van der Waals surface area (Å²) >= 11 is 0. The first kappa shape index (κ1) is 15.8. The first-order valence-corrected chi connectivity index (χ1v) is 7.83. The van der Waals surface area contributed by atoms with Crippen molar-refractivity contribution in [3.8, 4) is 5.75 Å². The summed E-state index contributed by atoms with van der Waals surface area (Å²) in [4.78, 5) is 11.1. The maximum Gasteiger partial charge on any atom is 0.220 e. The lowest BCUT2D eigenvalue weighted by molar-refractivity contribution is -0.122. The second-order valence-corrected chi connectivity index (χ2v) is 6.14. The molecule has 1 amide bonds. The molecular formula is C17H26N2O2. The molecule has 0 saturated heterocycles. The molecule has 1 fully saturated rings. The van der Waals surface area contributed by atoms with Gasteiger partial charge < -0.3 is 15.8 Å². The quantitative estimate of drug-likeness (QED) is 0.846. The number of benzene rings is 1. The van der Waals surface area contributed by atoms with Crippen LogP contribution in [0.5, 0.6) is 5.75 Å². The molecule has 1 aliphatic rings. The van der Waals surface area contributed by atoms with E-state index in [2.05, 4.69) is 17.4 Å². The van der Waals surface area contributed by atoms with E-state index in [4.69, 9.17) is 10.5 Å². The summed E-state index contributed by atoms with van der Waals surface area (Å²) in [6.07, 6.45) is 4.08. The van der Waals surface area contributed by atoms with Gasteiger partial charge in [0.2, 0.25) is 5.91 Å². The molecule has 0 heterocycles. The van der Waals surface area contributed by atoms with Crippen LogP contribution >= 0.6 is 0 Å². The van der Waals surface area contributed by atoms with E-state index in [1.807, 2.05) is 26.0 Å². The molecule has 2 rings (SSSR count). The minimum Gasteiger partial charge on any atom is -0.491 e. The van der Waals surface area contributed by atoms with Gasteiger partial charge in [-0.15, -0.1) is 0 Å². The summed E-state index contributed by atoms with van der Waals surface area (Å²) in [7, 11) is 0. The van der Waals surface area contributed by atoms with Crippen LogP contribution < -0.4 is 15.8 Å². The average molecular weight is 290 g/mol. The number of carbonyl (C=O) groups is 1. The van der Waals surface area contributed by atoms with Gasteiger partial charge in [-0.05, 0) is 57.2 Å². The first-order chi connectivity index (χ1) is 10.0. The lowest BCUT2D eigenvalue weighted by atomic mass is 9.85. The van der Waals surface area contributed by atoms with Crippen molar-refractivity contribution in [1.29, 1.82) is 0 Å².